The van der Waals surface area contributed by atoms with Gasteiger partial charge >= 0.3 is 0 Å². The topological polar surface area (TPSA) is 82.7 Å². The molecule has 2 aliphatic heterocycles. The van der Waals surface area contributed by atoms with Gasteiger partial charge in [0.15, 0.2) is 0 Å². The van der Waals surface area contributed by atoms with Crippen LogP contribution in [0.3, 0.4) is 0 Å². The van der Waals surface area contributed by atoms with Crippen LogP contribution in [0.5, 0.6) is 0 Å². The number of aliphatic hydroxyl groups is 1. The molecule has 0 saturated carbocycles. The molecule has 0 bridgehead atoms. The second-order valence-electron chi connectivity index (χ2n) is 6.59. The first-order chi connectivity index (χ1) is 10.5. The average Bonchev–Trinajstić information content (AvgIpc) is 3.07. The molecule has 7 heteroatoms. The fraction of sp³-hybridized carbons (Fsp3) is 0.800. The molecule has 2 fully saturated rings. The van der Waals surface area contributed by atoms with E-state index < -0.39 is 0 Å². The zero-order valence-electron chi connectivity index (χ0n) is 13.3. The van der Waals surface area contributed by atoms with E-state index >= 15 is 0 Å². The second-order valence-corrected chi connectivity index (χ2v) is 6.59. The molecule has 0 aromatic carbocycles. The van der Waals surface area contributed by atoms with E-state index in [1.165, 1.54) is 0 Å². The third-order valence-electron chi connectivity index (χ3n) is 5.07. The number of hydrogen-bond acceptors (Lipinski definition) is 6. The normalized spacial score (nSPS) is 25.0. The van der Waals surface area contributed by atoms with Crippen molar-refractivity contribution >= 4 is 5.91 Å². The quantitative estimate of drug-likeness (QED) is 0.887. The minimum Gasteiger partial charge on any atom is -0.423 e. The second kappa shape index (κ2) is 5.96. The van der Waals surface area contributed by atoms with Gasteiger partial charge in [-0.3, -0.25) is 4.79 Å². The van der Waals surface area contributed by atoms with Gasteiger partial charge in [0.2, 0.25) is 17.7 Å². The van der Waals surface area contributed by atoms with E-state index in [0.29, 0.717) is 11.8 Å². The van der Waals surface area contributed by atoms with Crippen molar-refractivity contribution < 1.29 is 14.3 Å². The predicted octanol–water partition coefficient (Wildman–Crippen LogP) is 0.746. The molecule has 1 spiro atoms. The van der Waals surface area contributed by atoms with Crippen LogP contribution in [-0.2, 0) is 4.79 Å². The molecular weight excluding hydrogens is 284 g/mol. The Morgan fingerprint density at radius 2 is 2.14 bits per heavy atom. The smallest absolute Gasteiger partial charge is 0.238 e. The van der Waals surface area contributed by atoms with Crippen LogP contribution in [0.15, 0.2) is 4.42 Å². The van der Waals surface area contributed by atoms with Gasteiger partial charge in [-0.2, -0.15) is 0 Å². The number of β-amino-alcohol motifs (C(OH)–C–C–N with tert-alkyl or cyclic N) is 1. The molecule has 1 atom stereocenters. The zero-order chi connectivity index (χ0) is 15.7. The Labute approximate surface area is 130 Å². The van der Waals surface area contributed by atoms with Crippen LogP contribution < -0.4 is 0 Å². The summed E-state index contributed by atoms with van der Waals surface area (Å²) in [6.45, 7) is 7.03. The molecule has 3 rings (SSSR count). The number of likely N-dealkylation sites (tertiary alicyclic amines) is 2. The van der Waals surface area contributed by atoms with Gasteiger partial charge in [0.1, 0.15) is 6.04 Å². The van der Waals surface area contributed by atoms with Crippen molar-refractivity contribution in [2.24, 2.45) is 5.41 Å². The molecule has 7 nitrogen and oxygen atoms in total. The summed E-state index contributed by atoms with van der Waals surface area (Å²) in [6.07, 6.45) is 2.97. The van der Waals surface area contributed by atoms with Gasteiger partial charge in [-0.1, -0.05) is 0 Å². The highest BCUT2D eigenvalue weighted by Gasteiger charge is 2.48. The monoisotopic (exact) mass is 308 g/mol. The SMILES string of the molecule is CC(=O)N1CC2(CCN(CCO)CC2)CC1c1nnc(C)o1. The number of aryl methyl sites for hydroxylation is 1. The summed E-state index contributed by atoms with van der Waals surface area (Å²) in [6, 6.07) is -0.0944. The average molecular weight is 308 g/mol. The van der Waals surface area contributed by atoms with E-state index in [4.69, 9.17) is 9.52 Å². The van der Waals surface area contributed by atoms with Crippen molar-refractivity contribution in [1.29, 1.82) is 0 Å². The lowest BCUT2D eigenvalue weighted by Gasteiger charge is -2.38. The van der Waals surface area contributed by atoms with E-state index in [9.17, 15) is 4.79 Å². The third-order valence-corrected chi connectivity index (χ3v) is 5.07. The van der Waals surface area contributed by atoms with Crippen LogP contribution in [0.25, 0.3) is 0 Å². The number of aromatic nitrogens is 2. The molecule has 0 aliphatic carbocycles. The first-order valence-corrected chi connectivity index (χ1v) is 7.93. The first-order valence-electron chi connectivity index (χ1n) is 7.93. The van der Waals surface area contributed by atoms with Crippen molar-refractivity contribution in [1.82, 2.24) is 20.0 Å². The Hall–Kier alpha value is -1.47. The summed E-state index contributed by atoms with van der Waals surface area (Å²) in [4.78, 5) is 16.2. The lowest BCUT2D eigenvalue weighted by molar-refractivity contribution is -0.130. The van der Waals surface area contributed by atoms with Gasteiger partial charge in [-0.25, -0.2) is 0 Å². The fourth-order valence-corrected chi connectivity index (χ4v) is 3.81. The number of rotatable bonds is 3. The molecular formula is C15H24N4O3. The Morgan fingerprint density at radius 1 is 1.41 bits per heavy atom. The van der Waals surface area contributed by atoms with Gasteiger partial charge in [0, 0.05) is 26.9 Å². The molecule has 22 heavy (non-hydrogen) atoms. The van der Waals surface area contributed by atoms with Crippen LogP contribution in [-0.4, -0.2) is 63.8 Å². The van der Waals surface area contributed by atoms with Gasteiger partial charge in [0.25, 0.3) is 0 Å². The molecule has 1 amide bonds. The van der Waals surface area contributed by atoms with Gasteiger partial charge < -0.3 is 19.3 Å². The number of carbonyl (C=O) groups excluding carboxylic acids is 1. The number of hydrogen-bond donors (Lipinski definition) is 1. The highest BCUT2D eigenvalue weighted by molar-refractivity contribution is 5.74. The lowest BCUT2D eigenvalue weighted by atomic mass is 9.76. The lowest BCUT2D eigenvalue weighted by Crippen LogP contribution is -2.42. The van der Waals surface area contributed by atoms with Crippen molar-refractivity contribution in [2.45, 2.75) is 39.2 Å². The number of nitrogens with zero attached hydrogens (tertiary/aromatic N) is 4. The standard InChI is InChI=1S/C15H24N4O3/c1-11-16-17-14(22-11)13-9-15(10-19(13)12(2)21)3-5-18(6-4-15)7-8-20/h13,20H,3-10H2,1-2H3. The fourth-order valence-electron chi connectivity index (χ4n) is 3.81. The molecule has 2 saturated heterocycles. The van der Waals surface area contributed by atoms with Crippen molar-refractivity contribution in [3.05, 3.63) is 11.8 Å². The minimum absolute atomic E-state index is 0.0653. The third kappa shape index (κ3) is 2.87. The Balaban J connectivity index is 1.75. The van der Waals surface area contributed by atoms with E-state index in [2.05, 4.69) is 15.1 Å². The molecule has 1 aromatic rings. The van der Waals surface area contributed by atoms with Gasteiger partial charge in [-0.05, 0) is 37.8 Å². The van der Waals surface area contributed by atoms with Crippen molar-refractivity contribution in [3.8, 4) is 0 Å². The molecule has 2 aliphatic rings. The summed E-state index contributed by atoms with van der Waals surface area (Å²) >= 11 is 0. The van der Waals surface area contributed by atoms with E-state index in [0.717, 1.165) is 45.4 Å². The number of aliphatic hydroxyl groups excluding tert-OH is 1. The predicted molar refractivity (Wildman–Crippen MR) is 79.0 cm³/mol. The molecule has 1 N–H and O–H groups in total. The maximum atomic E-state index is 12.0. The minimum atomic E-state index is -0.0944. The Bertz CT molecular complexity index is 537. The van der Waals surface area contributed by atoms with E-state index in [1.807, 2.05) is 4.90 Å². The molecule has 1 unspecified atom stereocenters. The first kappa shape index (κ1) is 15.4. The maximum absolute atomic E-state index is 12.0. The van der Waals surface area contributed by atoms with Crippen molar-refractivity contribution in [2.75, 3.05) is 32.8 Å². The molecule has 0 radical (unpaired) electrons. The summed E-state index contributed by atoms with van der Waals surface area (Å²) in [5, 5.41) is 17.1. The molecule has 1 aromatic heterocycles. The van der Waals surface area contributed by atoms with Gasteiger partial charge in [-0.15, -0.1) is 10.2 Å². The van der Waals surface area contributed by atoms with Crippen LogP contribution in [0.1, 0.15) is 44.0 Å². The molecule has 3 heterocycles. The summed E-state index contributed by atoms with van der Waals surface area (Å²) in [7, 11) is 0. The van der Waals surface area contributed by atoms with Crippen LogP contribution in [0.2, 0.25) is 0 Å². The summed E-state index contributed by atoms with van der Waals surface area (Å²) in [5.41, 5.74) is 0.144. The summed E-state index contributed by atoms with van der Waals surface area (Å²) < 4.78 is 5.58. The number of carbonyl (C=O) groups is 1. The van der Waals surface area contributed by atoms with Gasteiger partial charge in [0.05, 0.1) is 6.61 Å². The largest absolute Gasteiger partial charge is 0.423 e. The van der Waals surface area contributed by atoms with Crippen molar-refractivity contribution in [3.63, 3.8) is 0 Å². The van der Waals surface area contributed by atoms with Crippen LogP contribution >= 0.6 is 0 Å². The van der Waals surface area contributed by atoms with Crippen LogP contribution in [0.4, 0.5) is 0 Å². The Morgan fingerprint density at radius 3 is 2.68 bits per heavy atom. The molecule has 122 valence electrons. The van der Waals surface area contributed by atoms with E-state index in [1.54, 1.807) is 13.8 Å². The maximum Gasteiger partial charge on any atom is 0.238 e. The summed E-state index contributed by atoms with van der Waals surface area (Å²) in [5.74, 6) is 1.16. The number of piperidine rings is 1. The highest BCUT2D eigenvalue weighted by Crippen LogP contribution is 2.48. The number of amides is 1. The highest BCUT2D eigenvalue weighted by atomic mass is 16.4. The van der Waals surface area contributed by atoms with Crippen LogP contribution in [0, 0.1) is 12.3 Å². The van der Waals surface area contributed by atoms with E-state index in [-0.39, 0.29) is 24.0 Å². The zero-order valence-corrected chi connectivity index (χ0v) is 13.3. The Kier molecular flexibility index (Phi) is 4.18.